The number of rotatable bonds is 5. The molecule has 3 nitrogen and oxygen atoms in total. The van der Waals surface area contributed by atoms with E-state index in [0.29, 0.717) is 5.75 Å². The van der Waals surface area contributed by atoms with E-state index in [0.717, 1.165) is 25.7 Å². The lowest BCUT2D eigenvalue weighted by Gasteiger charge is -2.14. The highest BCUT2D eigenvalue weighted by molar-refractivity contribution is 14.1. The summed E-state index contributed by atoms with van der Waals surface area (Å²) < 4.78 is 8.05. The van der Waals surface area contributed by atoms with Crippen molar-refractivity contribution in [3.05, 3.63) is 49.1 Å². The summed E-state index contributed by atoms with van der Waals surface area (Å²) in [5.74, 6) is 1.79. The molecular weight excluding hydrogens is 492 g/mol. The minimum absolute atomic E-state index is 0.195. The zero-order valence-electron chi connectivity index (χ0n) is 11.6. The Labute approximate surface area is 152 Å². The fourth-order valence-electron chi connectivity index (χ4n) is 1.91. The van der Waals surface area contributed by atoms with Gasteiger partial charge in [0.2, 0.25) is 0 Å². The zero-order chi connectivity index (χ0) is 15.4. The fourth-order valence-corrected chi connectivity index (χ4v) is 4.02. The number of nitrogens with two attached hydrogens (primary N) is 1. The molecule has 3 N–H and O–H groups in total. The van der Waals surface area contributed by atoms with Crippen LogP contribution in [0.4, 0.5) is 0 Å². The van der Waals surface area contributed by atoms with E-state index < -0.39 is 0 Å². The Morgan fingerprint density at radius 1 is 1.14 bits per heavy atom. The monoisotopic (exact) mass is 509 g/mol. The maximum Gasteiger partial charge on any atom is 0.154 e. The van der Waals surface area contributed by atoms with Gasteiger partial charge in [-0.2, -0.15) is 0 Å². The summed E-state index contributed by atoms with van der Waals surface area (Å²) in [6, 6.07) is 11.2. The van der Waals surface area contributed by atoms with Gasteiger partial charge in [-0.3, -0.25) is 0 Å². The van der Waals surface area contributed by atoms with Crippen LogP contribution in [-0.4, -0.2) is 11.1 Å². The third kappa shape index (κ3) is 4.72. The zero-order valence-corrected chi connectivity index (χ0v) is 16.0. The third-order valence-corrected chi connectivity index (χ3v) is 4.74. The lowest BCUT2D eigenvalue weighted by atomic mass is 10.0. The Balaban J connectivity index is 2.22. The molecule has 0 saturated carbocycles. The predicted molar refractivity (Wildman–Crippen MR) is 102 cm³/mol. The highest BCUT2D eigenvalue weighted by Crippen LogP contribution is 2.33. The molecule has 1 unspecified atom stereocenters. The molecule has 0 amide bonds. The van der Waals surface area contributed by atoms with Gasteiger partial charge in [0.05, 0.1) is 7.14 Å². The first-order valence-electron chi connectivity index (χ1n) is 6.70. The molecule has 0 radical (unpaired) electrons. The number of ether oxygens (including phenoxy) is 1. The van der Waals surface area contributed by atoms with E-state index in [1.54, 1.807) is 24.3 Å². The molecule has 5 heteroatoms. The first kappa shape index (κ1) is 16.8. The second-order valence-corrected chi connectivity index (χ2v) is 7.18. The SMILES string of the molecule is CCC(N)Cc1cc(I)c(Oc2ccc(O)cc2)c(I)c1. The summed E-state index contributed by atoms with van der Waals surface area (Å²) in [4.78, 5) is 0. The Morgan fingerprint density at radius 3 is 2.24 bits per heavy atom. The van der Waals surface area contributed by atoms with Gasteiger partial charge in [0.25, 0.3) is 0 Å². The van der Waals surface area contributed by atoms with Crippen LogP contribution >= 0.6 is 45.2 Å². The normalized spacial score (nSPS) is 12.2. The maximum atomic E-state index is 9.31. The van der Waals surface area contributed by atoms with E-state index in [9.17, 15) is 5.11 Å². The topological polar surface area (TPSA) is 55.5 Å². The minimum atomic E-state index is 0.195. The summed E-state index contributed by atoms with van der Waals surface area (Å²) in [6.07, 6.45) is 1.85. The molecule has 2 aromatic carbocycles. The number of halogens is 2. The van der Waals surface area contributed by atoms with Crippen molar-refractivity contribution in [3.8, 4) is 17.2 Å². The van der Waals surface area contributed by atoms with Crippen molar-refractivity contribution in [3.63, 3.8) is 0 Å². The Bertz CT molecular complexity index is 591. The Kier molecular flexibility index (Phi) is 6.12. The molecule has 112 valence electrons. The van der Waals surface area contributed by atoms with E-state index in [1.807, 2.05) is 0 Å². The van der Waals surface area contributed by atoms with Crippen LogP contribution in [0.2, 0.25) is 0 Å². The second kappa shape index (κ2) is 7.64. The van der Waals surface area contributed by atoms with Crippen molar-refractivity contribution in [1.82, 2.24) is 0 Å². The van der Waals surface area contributed by atoms with Gasteiger partial charge >= 0.3 is 0 Å². The van der Waals surface area contributed by atoms with Gasteiger partial charge in [0.15, 0.2) is 5.75 Å². The second-order valence-electron chi connectivity index (χ2n) is 4.86. The van der Waals surface area contributed by atoms with Crippen LogP contribution in [0.15, 0.2) is 36.4 Å². The largest absolute Gasteiger partial charge is 0.508 e. The number of aromatic hydroxyl groups is 1. The standard InChI is InChI=1S/C16H17I2NO2/c1-2-11(19)7-10-8-14(17)16(15(18)9-10)21-13-5-3-12(20)4-6-13/h3-6,8-9,11,20H,2,7,19H2,1H3. The number of hydrogen-bond donors (Lipinski definition) is 2. The van der Waals surface area contributed by atoms with Gasteiger partial charge in [0, 0.05) is 6.04 Å². The van der Waals surface area contributed by atoms with Crippen molar-refractivity contribution < 1.29 is 9.84 Å². The number of phenols is 1. The average Bonchev–Trinajstić information content (AvgIpc) is 2.44. The smallest absolute Gasteiger partial charge is 0.154 e. The van der Waals surface area contributed by atoms with E-state index >= 15 is 0 Å². The molecule has 2 rings (SSSR count). The van der Waals surface area contributed by atoms with Crippen LogP contribution in [0.3, 0.4) is 0 Å². The molecule has 21 heavy (non-hydrogen) atoms. The highest BCUT2D eigenvalue weighted by Gasteiger charge is 2.11. The maximum absolute atomic E-state index is 9.31. The van der Waals surface area contributed by atoms with Gasteiger partial charge in [0.1, 0.15) is 11.5 Å². The van der Waals surface area contributed by atoms with E-state index in [1.165, 1.54) is 5.56 Å². The summed E-state index contributed by atoms with van der Waals surface area (Å²) in [7, 11) is 0. The Morgan fingerprint density at radius 2 is 1.71 bits per heavy atom. The fraction of sp³-hybridized carbons (Fsp3) is 0.250. The van der Waals surface area contributed by atoms with Crippen molar-refractivity contribution in [2.24, 2.45) is 5.73 Å². The van der Waals surface area contributed by atoms with Crippen molar-refractivity contribution >= 4 is 45.2 Å². The molecule has 0 aliphatic carbocycles. The molecule has 0 aliphatic rings. The van der Waals surface area contributed by atoms with Gasteiger partial charge in [-0.1, -0.05) is 6.92 Å². The summed E-state index contributed by atoms with van der Waals surface area (Å²) in [5.41, 5.74) is 7.25. The molecule has 0 bridgehead atoms. The van der Waals surface area contributed by atoms with Crippen LogP contribution in [0, 0.1) is 7.14 Å². The van der Waals surface area contributed by atoms with Crippen molar-refractivity contribution in [1.29, 1.82) is 0 Å². The molecule has 0 aromatic heterocycles. The molecule has 1 atom stereocenters. The van der Waals surface area contributed by atoms with Crippen LogP contribution in [-0.2, 0) is 6.42 Å². The first-order valence-corrected chi connectivity index (χ1v) is 8.85. The van der Waals surface area contributed by atoms with Crippen LogP contribution in [0.25, 0.3) is 0 Å². The lowest BCUT2D eigenvalue weighted by Crippen LogP contribution is -2.21. The summed E-state index contributed by atoms with van der Waals surface area (Å²) >= 11 is 4.57. The third-order valence-electron chi connectivity index (χ3n) is 3.14. The first-order chi connectivity index (χ1) is 9.99. The van der Waals surface area contributed by atoms with E-state index in [2.05, 4.69) is 64.2 Å². The van der Waals surface area contributed by atoms with E-state index in [4.69, 9.17) is 10.5 Å². The van der Waals surface area contributed by atoms with Gasteiger partial charge in [-0.05, 0) is 100.0 Å². The van der Waals surface area contributed by atoms with Gasteiger partial charge < -0.3 is 15.6 Å². The lowest BCUT2D eigenvalue weighted by molar-refractivity contribution is 0.461. The van der Waals surface area contributed by atoms with Crippen molar-refractivity contribution in [2.75, 3.05) is 0 Å². The number of benzene rings is 2. The molecule has 0 spiro atoms. The molecule has 0 aliphatic heterocycles. The molecule has 0 heterocycles. The predicted octanol–water partition coefficient (Wildman–Crippen LogP) is 4.67. The highest BCUT2D eigenvalue weighted by atomic mass is 127. The van der Waals surface area contributed by atoms with Gasteiger partial charge in [-0.25, -0.2) is 0 Å². The summed E-state index contributed by atoms with van der Waals surface area (Å²) in [5, 5.41) is 9.31. The number of hydrogen-bond acceptors (Lipinski definition) is 3. The van der Waals surface area contributed by atoms with Crippen LogP contribution < -0.4 is 10.5 Å². The Hall–Kier alpha value is -0.540. The molecular formula is C16H17I2NO2. The van der Waals surface area contributed by atoms with Crippen LogP contribution in [0.1, 0.15) is 18.9 Å². The minimum Gasteiger partial charge on any atom is -0.508 e. The average molecular weight is 509 g/mol. The van der Waals surface area contributed by atoms with Crippen molar-refractivity contribution in [2.45, 2.75) is 25.8 Å². The van der Waals surface area contributed by atoms with E-state index in [-0.39, 0.29) is 11.8 Å². The molecule has 2 aromatic rings. The molecule has 0 fully saturated rings. The number of phenolic OH excluding ortho intramolecular Hbond substituents is 1. The van der Waals surface area contributed by atoms with Gasteiger partial charge in [-0.15, -0.1) is 0 Å². The van der Waals surface area contributed by atoms with Crippen LogP contribution in [0.5, 0.6) is 17.2 Å². The quantitative estimate of drug-likeness (QED) is 0.577. The molecule has 0 saturated heterocycles. The summed E-state index contributed by atoms with van der Waals surface area (Å²) in [6.45, 7) is 2.10.